The van der Waals surface area contributed by atoms with Crippen molar-refractivity contribution < 1.29 is 0 Å². The van der Waals surface area contributed by atoms with Crippen LogP contribution in [0.5, 0.6) is 0 Å². The highest BCUT2D eigenvalue weighted by molar-refractivity contribution is 8.13. The number of amidine groups is 1. The monoisotopic (exact) mass is 255 g/mol. The number of aryl methyl sites for hydroxylation is 1. The van der Waals surface area contributed by atoms with Crippen LogP contribution in [0.15, 0.2) is 10.4 Å². The smallest absolute Gasteiger partial charge is 0.157 e. The number of thiazole rings is 1. The van der Waals surface area contributed by atoms with E-state index in [1.807, 2.05) is 6.92 Å². The van der Waals surface area contributed by atoms with E-state index in [1.165, 1.54) is 6.42 Å². The Kier molecular flexibility index (Phi) is 3.54. The number of nitrogens with one attached hydrogen (secondary N) is 1. The lowest BCUT2D eigenvalue weighted by Gasteiger charge is -2.32. The van der Waals surface area contributed by atoms with E-state index in [1.54, 1.807) is 23.1 Å². The maximum absolute atomic E-state index is 4.58. The third-order valence-corrected chi connectivity index (χ3v) is 4.20. The third-order valence-electron chi connectivity index (χ3n) is 2.46. The fraction of sp³-hybridized carbons (Fsp3) is 0.636. The van der Waals surface area contributed by atoms with Crippen molar-refractivity contribution in [2.75, 3.05) is 5.75 Å². The van der Waals surface area contributed by atoms with Gasteiger partial charge in [0.15, 0.2) is 5.17 Å². The number of hydrogen-bond acceptors (Lipinski definition) is 4. The van der Waals surface area contributed by atoms with E-state index in [9.17, 15) is 0 Å². The van der Waals surface area contributed by atoms with Gasteiger partial charge in [0.25, 0.3) is 0 Å². The van der Waals surface area contributed by atoms with E-state index >= 15 is 0 Å². The molecule has 1 N–H and O–H groups in total. The minimum Gasteiger partial charge on any atom is -0.360 e. The van der Waals surface area contributed by atoms with Gasteiger partial charge in [0.1, 0.15) is 0 Å². The van der Waals surface area contributed by atoms with E-state index in [0.29, 0.717) is 6.54 Å². The summed E-state index contributed by atoms with van der Waals surface area (Å²) in [5.74, 6) is 1.15. The summed E-state index contributed by atoms with van der Waals surface area (Å²) in [7, 11) is 0. The quantitative estimate of drug-likeness (QED) is 0.883. The Bertz CT molecular complexity index is 396. The van der Waals surface area contributed by atoms with E-state index in [0.717, 1.165) is 21.6 Å². The normalized spacial score (nSPS) is 22.1. The lowest BCUT2D eigenvalue weighted by molar-refractivity contribution is 0.446. The molecule has 1 aromatic rings. The van der Waals surface area contributed by atoms with E-state index in [4.69, 9.17) is 0 Å². The summed E-state index contributed by atoms with van der Waals surface area (Å²) in [5.41, 5.74) is 1.25. The second kappa shape index (κ2) is 4.75. The Hall–Kier alpha value is -0.550. The second-order valence-electron chi connectivity index (χ2n) is 4.59. The minimum atomic E-state index is 0.183. The zero-order valence-corrected chi connectivity index (χ0v) is 11.5. The standard InChI is InChI=1S/C11H17N3S2/c1-8-13-9(7-16-8)6-12-10-14-11(2,3)4-5-15-10/h7H,4-6H2,1-3H3,(H,12,14). The lowest BCUT2D eigenvalue weighted by atomic mass is 10.0. The van der Waals surface area contributed by atoms with Crippen molar-refractivity contribution in [2.24, 2.45) is 4.99 Å². The molecule has 0 atom stereocenters. The first-order valence-corrected chi connectivity index (χ1v) is 7.28. The summed E-state index contributed by atoms with van der Waals surface area (Å²) in [4.78, 5) is 8.98. The molecule has 0 amide bonds. The van der Waals surface area contributed by atoms with Gasteiger partial charge in [0.2, 0.25) is 0 Å². The molecule has 0 radical (unpaired) electrons. The fourth-order valence-electron chi connectivity index (χ4n) is 1.51. The first-order chi connectivity index (χ1) is 7.55. The SMILES string of the molecule is Cc1nc(CN=C2NC(C)(C)CCS2)cs1. The van der Waals surface area contributed by atoms with Crippen LogP contribution in [0.25, 0.3) is 0 Å². The van der Waals surface area contributed by atoms with Gasteiger partial charge in [-0.15, -0.1) is 11.3 Å². The maximum atomic E-state index is 4.58. The van der Waals surface area contributed by atoms with Crippen LogP contribution in [-0.2, 0) is 6.54 Å². The van der Waals surface area contributed by atoms with Gasteiger partial charge in [-0.05, 0) is 27.2 Å². The van der Waals surface area contributed by atoms with Gasteiger partial charge in [-0.1, -0.05) is 11.8 Å². The number of nitrogens with zero attached hydrogens (tertiary/aromatic N) is 2. The lowest BCUT2D eigenvalue weighted by Crippen LogP contribution is -2.46. The summed E-state index contributed by atoms with van der Waals surface area (Å²) in [6.45, 7) is 7.15. The average molecular weight is 255 g/mol. The molecule has 2 heterocycles. The van der Waals surface area contributed by atoms with Gasteiger partial charge in [-0.3, -0.25) is 4.99 Å². The molecule has 0 bridgehead atoms. The number of aliphatic imine (C=N–C) groups is 1. The molecule has 1 fully saturated rings. The highest BCUT2D eigenvalue weighted by Crippen LogP contribution is 2.22. The number of aromatic nitrogens is 1. The molecule has 1 saturated heterocycles. The van der Waals surface area contributed by atoms with Crippen molar-refractivity contribution in [2.45, 2.75) is 39.3 Å². The van der Waals surface area contributed by atoms with Crippen LogP contribution in [0.2, 0.25) is 0 Å². The highest BCUT2D eigenvalue weighted by atomic mass is 32.2. The first-order valence-electron chi connectivity index (χ1n) is 5.42. The van der Waals surface area contributed by atoms with Crippen molar-refractivity contribution in [3.8, 4) is 0 Å². The van der Waals surface area contributed by atoms with Crippen LogP contribution in [0.1, 0.15) is 31.0 Å². The predicted octanol–water partition coefficient (Wildman–Crippen LogP) is 2.81. The number of rotatable bonds is 2. The van der Waals surface area contributed by atoms with Crippen molar-refractivity contribution in [1.29, 1.82) is 0 Å². The molecule has 2 rings (SSSR count). The van der Waals surface area contributed by atoms with Crippen LogP contribution >= 0.6 is 23.1 Å². The molecule has 3 nitrogen and oxygen atoms in total. The summed E-state index contributed by atoms with van der Waals surface area (Å²) < 4.78 is 0. The molecule has 5 heteroatoms. The molecule has 1 aliphatic heterocycles. The molecule has 0 unspecified atom stereocenters. The van der Waals surface area contributed by atoms with Crippen molar-refractivity contribution in [3.05, 3.63) is 16.1 Å². The second-order valence-corrected chi connectivity index (χ2v) is 6.73. The van der Waals surface area contributed by atoms with Crippen LogP contribution in [0.3, 0.4) is 0 Å². The maximum Gasteiger partial charge on any atom is 0.157 e. The summed E-state index contributed by atoms with van der Waals surface area (Å²) in [6.07, 6.45) is 1.19. The molecule has 16 heavy (non-hydrogen) atoms. The topological polar surface area (TPSA) is 37.3 Å². The van der Waals surface area contributed by atoms with Gasteiger partial charge >= 0.3 is 0 Å². The van der Waals surface area contributed by atoms with Crippen molar-refractivity contribution in [1.82, 2.24) is 10.3 Å². The summed E-state index contributed by atoms with van der Waals surface area (Å²) in [6, 6.07) is 0. The zero-order chi connectivity index (χ0) is 11.6. The van der Waals surface area contributed by atoms with Gasteiger partial charge in [0.05, 0.1) is 17.2 Å². The molecular formula is C11H17N3S2. The molecule has 1 aromatic heterocycles. The Labute approximate surface area is 105 Å². The average Bonchev–Trinajstić information content (AvgIpc) is 2.60. The number of hydrogen-bond donors (Lipinski definition) is 1. The van der Waals surface area contributed by atoms with Crippen molar-refractivity contribution >= 4 is 28.3 Å². The molecule has 88 valence electrons. The van der Waals surface area contributed by atoms with E-state index in [-0.39, 0.29) is 5.54 Å². The molecule has 1 aliphatic rings. The third kappa shape index (κ3) is 3.22. The Morgan fingerprint density at radius 2 is 2.38 bits per heavy atom. The summed E-state index contributed by atoms with van der Waals surface area (Å²) >= 11 is 3.49. The Morgan fingerprint density at radius 3 is 3.00 bits per heavy atom. The van der Waals surface area contributed by atoms with Crippen LogP contribution in [-0.4, -0.2) is 21.4 Å². The fourth-order valence-corrected chi connectivity index (χ4v) is 3.42. The Morgan fingerprint density at radius 1 is 1.56 bits per heavy atom. The zero-order valence-electron chi connectivity index (χ0n) is 9.91. The molecule has 0 spiro atoms. The van der Waals surface area contributed by atoms with E-state index in [2.05, 4.69) is 34.5 Å². The largest absolute Gasteiger partial charge is 0.360 e. The predicted molar refractivity (Wildman–Crippen MR) is 72.3 cm³/mol. The van der Waals surface area contributed by atoms with Crippen LogP contribution in [0, 0.1) is 6.92 Å². The number of thioether (sulfide) groups is 1. The summed E-state index contributed by atoms with van der Waals surface area (Å²) in [5, 5.41) is 7.71. The first kappa shape index (κ1) is 11.9. The van der Waals surface area contributed by atoms with Gasteiger partial charge in [0, 0.05) is 16.7 Å². The van der Waals surface area contributed by atoms with Crippen molar-refractivity contribution in [3.63, 3.8) is 0 Å². The molecule has 0 aliphatic carbocycles. The molecule has 0 saturated carbocycles. The molecular weight excluding hydrogens is 238 g/mol. The molecule has 0 aromatic carbocycles. The highest BCUT2D eigenvalue weighted by Gasteiger charge is 2.23. The van der Waals surface area contributed by atoms with E-state index < -0.39 is 0 Å². The van der Waals surface area contributed by atoms with Gasteiger partial charge in [-0.2, -0.15) is 0 Å². The van der Waals surface area contributed by atoms with Gasteiger partial charge < -0.3 is 5.32 Å². The van der Waals surface area contributed by atoms with Crippen LogP contribution < -0.4 is 5.32 Å². The minimum absolute atomic E-state index is 0.183. The van der Waals surface area contributed by atoms with Gasteiger partial charge in [-0.25, -0.2) is 4.98 Å². The Balaban J connectivity index is 1.97. The van der Waals surface area contributed by atoms with Crippen LogP contribution in [0.4, 0.5) is 0 Å².